The highest BCUT2D eigenvalue weighted by molar-refractivity contribution is 5.80. The molecule has 3 heteroatoms. The van der Waals surface area contributed by atoms with Crippen LogP contribution in [0, 0.1) is 6.92 Å². The van der Waals surface area contributed by atoms with Crippen molar-refractivity contribution >= 4 is 5.91 Å². The fourth-order valence-corrected chi connectivity index (χ4v) is 2.64. The Kier molecular flexibility index (Phi) is 5.89. The number of ether oxygens (including phenoxy) is 1. The SMILES string of the molecule is Cc1ccc(CN(C)C(=O)[C@@H](C)Oc2ccc(C(C)(C)C)cc2)cc1. The Labute approximate surface area is 151 Å². The van der Waals surface area contributed by atoms with E-state index in [2.05, 4.69) is 64.1 Å². The van der Waals surface area contributed by atoms with Gasteiger partial charge in [0.05, 0.1) is 0 Å². The minimum absolute atomic E-state index is 0.0273. The molecule has 0 saturated carbocycles. The van der Waals surface area contributed by atoms with Crippen LogP contribution in [0.2, 0.25) is 0 Å². The van der Waals surface area contributed by atoms with Gasteiger partial charge in [0, 0.05) is 13.6 Å². The van der Waals surface area contributed by atoms with Crippen molar-refractivity contribution in [2.45, 2.75) is 52.7 Å². The predicted molar refractivity (Wildman–Crippen MR) is 103 cm³/mol. The molecule has 25 heavy (non-hydrogen) atoms. The Morgan fingerprint density at radius 1 is 1.04 bits per heavy atom. The fraction of sp³-hybridized carbons (Fsp3) is 0.409. The minimum atomic E-state index is -0.518. The van der Waals surface area contributed by atoms with Crippen molar-refractivity contribution in [3.63, 3.8) is 0 Å². The van der Waals surface area contributed by atoms with Gasteiger partial charge < -0.3 is 9.64 Å². The molecule has 0 bridgehead atoms. The van der Waals surface area contributed by atoms with E-state index < -0.39 is 6.10 Å². The van der Waals surface area contributed by atoms with Crippen LogP contribution in [0.5, 0.6) is 5.75 Å². The second-order valence-electron chi connectivity index (χ2n) is 7.71. The van der Waals surface area contributed by atoms with Crippen molar-refractivity contribution in [3.8, 4) is 5.75 Å². The third kappa shape index (κ3) is 5.35. The van der Waals surface area contributed by atoms with Crippen molar-refractivity contribution in [1.29, 1.82) is 0 Å². The molecule has 0 aliphatic carbocycles. The van der Waals surface area contributed by atoms with Gasteiger partial charge in [-0.25, -0.2) is 0 Å². The van der Waals surface area contributed by atoms with Crippen LogP contribution in [0.3, 0.4) is 0 Å². The maximum atomic E-state index is 12.5. The predicted octanol–water partition coefficient (Wildman–Crippen LogP) is 4.72. The third-order valence-corrected chi connectivity index (χ3v) is 4.30. The van der Waals surface area contributed by atoms with E-state index in [1.54, 1.807) is 11.8 Å². The first-order valence-electron chi connectivity index (χ1n) is 8.74. The molecular weight excluding hydrogens is 310 g/mol. The summed E-state index contributed by atoms with van der Waals surface area (Å²) in [6.07, 6.45) is -0.518. The van der Waals surface area contributed by atoms with E-state index in [4.69, 9.17) is 4.74 Å². The molecule has 1 atom stereocenters. The lowest BCUT2D eigenvalue weighted by atomic mass is 9.87. The number of carbonyl (C=O) groups excluding carboxylic acids is 1. The smallest absolute Gasteiger partial charge is 0.263 e. The first-order valence-corrected chi connectivity index (χ1v) is 8.74. The van der Waals surface area contributed by atoms with Crippen LogP contribution < -0.4 is 4.74 Å². The van der Waals surface area contributed by atoms with Crippen LogP contribution in [0.15, 0.2) is 48.5 Å². The molecule has 0 aromatic heterocycles. The molecule has 2 rings (SSSR count). The quantitative estimate of drug-likeness (QED) is 0.789. The Hall–Kier alpha value is -2.29. The lowest BCUT2D eigenvalue weighted by molar-refractivity contribution is -0.137. The molecule has 0 aliphatic heterocycles. The van der Waals surface area contributed by atoms with Crippen LogP contribution in [0.25, 0.3) is 0 Å². The molecule has 134 valence electrons. The normalized spacial score (nSPS) is 12.6. The molecule has 0 aliphatic rings. The van der Waals surface area contributed by atoms with Crippen molar-refractivity contribution in [1.82, 2.24) is 4.90 Å². The summed E-state index contributed by atoms with van der Waals surface area (Å²) in [5.41, 5.74) is 3.68. The Bertz CT molecular complexity index is 696. The molecule has 0 saturated heterocycles. The molecule has 0 fully saturated rings. The number of likely N-dealkylation sites (N-methyl/N-ethyl adjacent to an activating group) is 1. The van der Waals surface area contributed by atoms with Gasteiger partial charge >= 0.3 is 0 Å². The van der Waals surface area contributed by atoms with Gasteiger partial charge in [-0.05, 0) is 42.5 Å². The maximum absolute atomic E-state index is 12.5. The molecule has 3 nitrogen and oxygen atoms in total. The summed E-state index contributed by atoms with van der Waals surface area (Å²) in [7, 11) is 1.81. The number of benzene rings is 2. The summed E-state index contributed by atoms with van der Waals surface area (Å²) in [4.78, 5) is 14.3. The summed E-state index contributed by atoms with van der Waals surface area (Å²) >= 11 is 0. The highest BCUT2D eigenvalue weighted by Crippen LogP contribution is 2.24. The van der Waals surface area contributed by atoms with E-state index in [-0.39, 0.29) is 11.3 Å². The molecule has 0 unspecified atom stereocenters. The molecular formula is C22H29NO2. The van der Waals surface area contributed by atoms with Crippen LogP contribution in [0.4, 0.5) is 0 Å². The zero-order valence-corrected chi connectivity index (χ0v) is 16.2. The number of rotatable bonds is 5. The van der Waals surface area contributed by atoms with Crippen molar-refractivity contribution < 1.29 is 9.53 Å². The number of aryl methyl sites for hydroxylation is 1. The van der Waals surface area contributed by atoms with E-state index in [0.29, 0.717) is 6.54 Å². The van der Waals surface area contributed by atoms with Gasteiger partial charge in [0.1, 0.15) is 5.75 Å². The van der Waals surface area contributed by atoms with E-state index in [0.717, 1.165) is 11.3 Å². The van der Waals surface area contributed by atoms with E-state index in [1.807, 2.05) is 19.2 Å². The Morgan fingerprint density at radius 3 is 2.12 bits per heavy atom. The van der Waals surface area contributed by atoms with Crippen LogP contribution >= 0.6 is 0 Å². The number of amides is 1. The largest absolute Gasteiger partial charge is 0.481 e. The zero-order valence-electron chi connectivity index (χ0n) is 16.2. The summed E-state index contributed by atoms with van der Waals surface area (Å²) in [6, 6.07) is 16.2. The molecule has 1 amide bonds. The third-order valence-electron chi connectivity index (χ3n) is 4.30. The van der Waals surface area contributed by atoms with Gasteiger partial charge in [0.2, 0.25) is 0 Å². The molecule has 0 spiro atoms. The molecule has 0 radical (unpaired) electrons. The molecule has 2 aromatic carbocycles. The lowest BCUT2D eigenvalue weighted by Gasteiger charge is -2.23. The number of carbonyl (C=O) groups is 1. The Morgan fingerprint density at radius 2 is 1.60 bits per heavy atom. The van der Waals surface area contributed by atoms with Gasteiger partial charge in [0.25, 0.3) is 5.91 Å². The topological polar surface area (TPSA) is 29.5 Å². The lowest BCUT2D eigenvalue weighted by Crippen LogP contribution is -2.37. The van der Waals surface area contributed by atoms with Gasteiger partial charge in [0.15, 0.2) is 6.10 Å². The highest BCUT2D eigenvalue weighted by Gasteiger charge is 2.20. The van der Waals surface area contributed by atoms with E-state index in [9.17, 15) is 4.79 Å². The van der Waals surface area contributed by atoms with Crippen LogP contribution in [-0.4, -0.2) is 24.0 Å². The summed E-state index contributed by atoms with van der Waals surface area (Å²) in [5, 5.41) is 0. The average Bonchev–Trinajstić information content (AvgIpc) is 2.55. The van der Waals surface area contributed by atoms with Gasteiger partial charge in [-0.1, -0.05) is 62.7 Å². The monoisotopic (exact) mass is 339 g/mol. The van der Waals surface area contributed by atoms with Gasteiger partial charge in [-0.15, -0.1) is 0 Å². The van der Waals surface area contributed by atoms with Gasteiger partial charge in [-0.3, -0.25) is 4.79 Å². The maximum Gasteiger partial charge on any atom is 0.263 e. The second-order valence-corrected chi connectivity index (χ2v) is 7.71. The zero-order chi connectivity index (χ0) is 18.6. The van der Waals surface area contributed by atoms with E-state index >= 15 is 0 Å². The first kappa shape index (κ1) is 19.0. The Balaban J connectivity index is 1.96. The van der Waals surface area contributed by atoms with Crippen LogP contribution in [-0.2, 0) is 16.8 Å². The van der Waals surface area contributed by atoms with Crippen LogP contribution in [0.1, 0.15) is 44.4 Å². The summed E-state index contributed by atoms with van der Waals surface area (Å²) in [6.45, 7) is 11.0. The standard InChI is InChI=1S/C22H29NO2/c1-16-7-9-18(10-8-16)15-23(6)21(24)17(2)25-20-13-11-19(12-14-20)22(3,4)5/h7-14,17H,15H2,1-6H3/t17-/m1/s1. The van der Waals surface area contributed by atoms with E-state index in [1.165, 1.54) is 11.1 Å². The van der Waals surface area contributed by atoms with Gasteiger partial charge in [-0.2, -0.15) is 0 Å². The van der Waals surface area contributed by atoms with Crippen molar-refractivity contribution in [2.75, 3.05) is 7.05 Å². The second kappa shape index (κ2) is 7.73. The van der Waals surface area contributed by atoms with Crippen molar-refractivity contribution in [2.24, 2.45) is 0 Å². The number of nitrogens with zero attached hydrogens (tertiary/aromatic N) is 1. The average molecular weight is 339 g/mol. The molecule has 2 aromatic rings. The summed E-state index contributed by atoms with van der Waals surface area (Å²) in [5.74, 6) is 0.693. The fourth-order valence-electron chi connectivity index (χ4n) is 2.64. The molecule has 0 heterocycles. The van der Waals surface area contributed by atoms with Crippen molar-refractivity contribution in [3.05, 3.63) is 65.2 Å². The number of hydrogen-bond donors (Lipinski definition) is 0. The molecule has 0 N–H and O–H groups in total. The highest BCUT2D eigenvalue weighted by atomic mass is 16.5. The summed E-state index contributed by atoms with van der Waals surface area (Å²) < 4.78 is 5.83. The minimum Gasteiger partial charge on any atom is -0.481 e. The number of hydrogen-bond acceptors (Lipinski definition) is 2. The first-order chi connectivity index (χ1) is 11.7.